The Morgan fingerprint density at radius 1 is 1.16 bits per heavy atom. The molecule has 4 heteroatoms. The summed E-state index contributed by atoms with van der Waals surface area (Å²) in [5, 5.41) is 3.35. The third-order valence-electron chi connectivity index (χ3n) is 4.12. The fourth-order valence-corrected chi connectivity index (χ4v) is 2.97. The van der Waals surface area contributed by atoms with E-state index in [9.17, 15) is 4.79 Å². The van der Waals surface area contributed by atoms with Gasteiger partial charge in [-0.3, -0.25) is 4.79 Å². The smallest absolute Gasteiger partial charge is 0.223 e. The summed E-state index contributed by atoms with van der Waals surface area (Å²) in [6.07, 6.45) is 3.02. The number of halogens is 1. The Labute approximate surface area is 120 Å². The molecule has 1 aromatic carbocycles. The van der Waals surface area contributed by atoms with Crippen molar-refractivity contribution in [2.45, 2.75) is 32.4 Å². The molecule has 2 aliphatic rings. The van der Waals surface area contributed by atoms with E-state index in [2.05, 4.69) is 29.6 Å². The van der Waals surface area contributed by atoms with Crippen LogP contribution < -0.4 is 5.32 Å². The van der Waals surface area contributed by atoms with Crippen molar-refractivity contribution >= 4 is 18.3 Å². The van der Waals surface area contributed by atoms with Crippen molar-refractivity contribution in [1.29, 1.82) is 0 Å². The lowest BCUT2D eigenvalue weighted by Gasteiger charge is -2.24. The fraction of sp³-hybridized carbons (Fsp3) is 0.533. The van der Waals surface area contributed by atoms with Crippen molar-refractivity contribution in [2.24, 2.45) is 5.92 Å². The number of amides is 1. The predicted molar refractivity (Wildman–Crippen MR) is 78.2 cm³/mol. The molecular weight excluding hydrogens is 260 g/mol. The molecule has 0 radical (unpaired) electrons. The minimum atomic E-state index is 0. The van der Waals surface area contributed by atoms with Gasteiger partial charge >= 0.3 is 0 Å². The maximum atomic E-state index is 12.3. The lowest BCUT2D eigenvalue weighted by Crippen LogP contribution is -2.32. The molecule has 2 heterocycles. The van der Waals surface area contributed by atoms with E-state index in [4.69, 9.17) is 0 Å². The Balaban J connectivity index is 0.00000133. The van der Waals surface area contributed by atoms with Crippen LogP contribution in [0.4, 0.5) is 0 Å². The van der Waals surface area contributed by atoms with Crippen LogP contribution in [0.25, 0.3) is 0 Å². The molecule has 1 amide bonds. The van der Waals surface area contributed by atoms with Crippen LogP contribution in [0.15, 0.2) is 24.3 Å². The largest absolute Gasteiger partial charge is 0.334 e. The number of fused-ring (bicyclic) bond motifs is 1. The minimum Gasteiger partial charge on any atom is -0.334 e. The number of nitrogens with one attached hydrogen (secondary N) is 1. The topological polar surface area (TPSA) is 32.3 Å². The standard InChI is InChI=1S/C15H20N2O.ClH/c18-15(9-12-5-7-16-8-6-12)17-10-13-3-1-2-4-14(13)11-17;/h1-4,12,16H,5-11H2;1H. The summed E-state index contributed by atoms with van der Waals surface area (Å²) in [7, 11) is 0. The van der Waals surface area contributed by atoms with E-state index < -0.39 is 0 Å². The molecule has 0 spiro atoms. The average Bonchev–Trinajstić information content (AvgIpc) is 2.84. The predicted octanol–water partition coefficient (Wildman–Crippen LogP) is 2.34. The second kappa shape index (κ2) is 6.40. The van der Waals surface area contributed by atoms with Gasteiger partial charge in [0, 0.05) is 19.5 Å². The highest BCUT2D eigenvalue weighted by atomic mass is 35.5. The molecule has 104 valence electrons. The minimum absolute atomic E-state index is 0. The van der Waals surface area contributed by atoms with Crippen LogP contribution in [0.2, 0.25) is 0 Å². The van der Waals surface area contributed by atoms with E-state index >= 15 is 0 Å². The molecule has 1 fully saturated rings. The van der Waals surface area contributed by atoms with Crippen LogP contribution in [0.1, 0.15) is 30.4 Å². The van der Waals surface area contributed by atoms with Crippen LogP contribution in [-0.2, 0) is 17.9 Å². The summed E-state index contributed by atoms with van der Waals surface area (Å²) in [6.45, 7) is 3.75. The van der Waals surface area contributed by atoms with Crippen molar-refractivity contribution < 1.29 is 4.79 Å². The van der Waals surface area contributed by atoms with Crippen LogP contribution in [0.3, 0.4) is 0 Å². The second-order valence-electron chi connectivity index (χ2n) is 5.42. The molecule has 3 nitrogen and oxygen atoms in total. The summed E-state index contributed by atoms with van der Waals surface area (Å²) >= 11 is 0. The molecule has 0 atom stereocenters. The lowest BCUT2D eigenvalue weighted by molar-refractivity contribution is -0.133. The monoisotopic (exact) mass is 280 g/mol. The number of piperidine rings is 1. The zero-order valence-corrected chi connectivity index (χ0v) is 11.9. The third-order valence-corrected chi connectivity index (χ3v) is 4.12. The Morgan fingerprint density at radius 3 is 2.32 bits per heavy atom. The average molecular weight is 281 g/mol. The molecule has 1 N–H and O–H groups in total. The quantitative estimate of drug-likeness (QED) is 0.902. The number of hydrogen-bond donors (Lipinski definition) is 1. The van der Waals surface area contributed by atoms with E-state index in [-0.39, 0.29) is 12.4 Å². The normalized spacial score (nSPS) is 18.8. The zero-order valence-electron chi connectivity index (χ0n) is 11.1. The van der Waals surface area contributed by atoms with Crippen LogP contribution in [0, 0.1) is 5.92 Å². The van der Waals surface area contributed by atoms with E-state index in [1.165, 1.54) is 11.1 Å². The van der Waals surface area contributed by atoms with Gasteiger partial charge in [0.25, 0.3) is 0 Å². The molecule has 2 aliphatic heterocycles. The fourth-order valence-electron chi connectivity index (χ4n) is 2.97. The molecule has 19 heavy (non-hydrogen) atoms. The van der Waals surface area contributed by atoms with Crippen molar-refractivity contribution in [3.8, 4) is 0 Å². The van der Waals surface area contributed by atoms with Gasteiger partial charge < -0.3 is 10.2 Å². The first-order valence-electron chi connectivity index (χ1n) is 6.88. The molecule has 0 saturated carbocycles. The number of carbonyl (C=O) groups excluding carboxylic acids is 1. The number of benzene rings is 1. The van der Waals surface area contributed by atoms with Crippen molar-refractivity contribution in [3.05, 3.63) is 35.4 Å². The highest BCUT2D eigenvalue weighted by Crippen LogP contribution is 2.25. The first-order valence-corrected chi connectivity index (χ1v) is 6.88. The molecule has 1 saturated heterocycles. The number of nitrogens with zero attached hydrogens (tertiary/aromatic N) is 1. The molecular formula is C15H21ClN2O. The van der Waals surface area contributed by atoms with E-state index in [1.807, 2.05) is 4.90 Å². The van der Waals surface area contributed by atoms with E-state index in [0.717, 1.165) is 45.4 Å². The molecule has 3 rings (SSSR count). The number of carbonyl (C=O) groups is 1. The lowest BCUT2D eigenvalue weighted by atomic mass is 9.94. The molecule has 0 aromatic heterocycles. The van der Waals surface area contributed by atoms with Crippen molar-refractivity contribution in [1.82, 2.24) is 10.2 Å². The SMILES string of the molecule is Cl.O=C(CC1CCNCC1)N1Cc2ccccc2C1. The van der Waals surface area contributed by atoms with E-state index in [1.54, 1.807) is 0 Å². The summed E-state index contributed by atoms with van der Waals surface area (Å²) < 4.78 is 0. The van der Waals surface area contributed by atoms with Gasteiger partial charge in [0.2, 0.25) is 5.91 Å². The summed E-state index contributed by atoms with van der Waals surface area (Å²) in [5.41, 5.74) is 2.63. The first kappa shape index (κ1) is 14.4. The van der Waals surface area contributed by atoms with Crippen molar-refractivity contribution in [3.63, 3.8) is 0 Å². The number of rotatable bonds is 2. The van der Waals surface area contributed by atoms with Crippen LogP contribution in [0.5, 0.6) is 0 Å². The van der Waals surface area contributed by atoms with Gasteiger partial charge in [-0.2, -0.15) is 0 Å². The highest BCUT2D eigenvalue weighted by Gasteiger charge is 2.25. The van der Waals surface area contributed by atoms with Crippen LogP contribution >= 0.6 is 12.4 Å². The third kappa shape index (κ3) is 3.28. The van der Waals surface area contributed by atoms with Gasteiger partial charge in [-0.25, -0.2) is 0 Å². The number of hydrogen-bond acceptors (Lipinski definition) is 2. The molecule has 0 bridgehead atoms. The molecule has 0 unspecified atom stereocenters. The van der Waals surface area contributed by atoms with Gasteiger partial charge in [-0.1, -0.05) is 24.3 Å². The summed E-state index contributed by atoms with van der Waals surface area (Å²) in [4.78, 5) is 14.3. The highest BCUT2D eigenvalue weighted by molar-refractivity contribution is 5.85. The molecule has 0 aliphatic carbocycles. The van der Waals surface area contributed by atoms with Gasteiger partial charge in [-0.15, -0.1) is 12.4 Å². The Morgan fingerprint density at radius 2 is 1.74 bits per heavy atom. The van der Waals surface area contributed by atoms with Crippen LogP contribution in [-0.4, -0.2) is 23.9 Å². The van der Waals surface area contributed by atoms with Gasteiger partial charge in [-0.05, 0) is 43.0 Å². The van der Waals surface area contributed by atoms with E-state index in [0.29, 0.717) is 11.8 Å². The summed E-state index contributed by atoms with van der Waals surface area (Å²) in [6, 6.07) is 8.37. The first-order chi connectivity index (χ1) is 8.83. The maximum Gasteiger partial charge on any atom is 0.223 e. The Hall–Kier alpha value is -1.06. The molecule has 1 aromatic rings. The van der Waals surface area contributed by atoms with Crippen molar-refractivity contribution in [2.75, 3.05) is 13.1 Å². The van der Waals surface area contributed by atoms with Gasteiger partial charge in [0.15, 0.2) is 0 Å². The summed E-state index contributed by atoms with van der Waals surface area (Å²) in [5.74, 6) is 0.917. The van der Waals surface area contributed by atoms with Gasteiger partial charge in [0.05, 0.1) is 0 Å². The maximum absolute atomic E-state index is 12.3. The Bertz CT molecular complexity index is 419. The zero-order chi connectivity index (χ0) is 12.4. The second-order valence-corrected chi connectivity index (χ2v) is 5.42. The Kier molecular flexibility index (Phi) is 4.83. The van der Waals surface area contributed by atoms with Gasteiger partial charge in [0.1, 0.15) is 0 Å².